The summed E-state index contributed by atoms with van der Waals surface area (Å²) in [5, 5.41) is 0.136. The highest BCUT2D eigenvalue weighted by Gasteiger charge is 2.44. The van der Waals surface area contributed by atoms with Gasteiger partial charge in [-0.25, -0.2) is 4.79 Å². The number of methoxy groups -OCH3 is 1. The molecule has 25 heavy (non-hydrogen) atoms. The van der Waals surface area contributed by atoms with Crippen molar-refractivity contribution >= 4 is 14.4 Å². The lowest BCUT2D eigenvalue weighted by Crippen LogP contribution is -2.44. The van der Waals surface area contributed by atoms with Gasteiger partial charge in [-0.15, -0.1) is 0 Å². The Balaban J connectivity index is 1.95. The Morgan fingerprint density at radius 1 is 1.24 bits per heavy atom. The molecule has 0 bridgehead atoms. The lowest BCUT2D eigenvalue weighted by molar-refractivity contribution is -0.00779. The molecule has 2 atom stereocenters. The molecule has 0 aliphatic carbocycles. The van der Waals surface area contributed by atoms with E-state index in [2.05, 4.69) is 33.9 Å². The van der Waals surface area contributed by atoms with Crippen LogP contribution in [-0.2, 0) is 20.5 Å². The zero-order chi connectivity index (χ0) is 18.7. The van der Waals surface area contributed by atoms with Gasteiger partial charge in [0.1, 0.15) is 12.8 Å². The fraction of sp³-hybridized carbons (Fsp3) is 0.632. The van der Waals surface area contributed by atoms with Crippen molar-refractivity contribution in [3.63, 3.8) is 0 Å². The minimum atomic E-state index is -1.88. The van der Waals surface area contributed by atoms with Crippen LogP contribution in [0, 0.1) is 0 Å². The van der Waals surface area contributed by atoms with Gasteiger partial charge in [-0.2, -0.15) is 0 Å². The van der Waals surface area contributed by atoms with Gasteiger partial charge in [0.05, 0.1) is 12.6 Å². The van der Waals surface area contributed by atoms with Crippen LogP contribution in [0.25, 0.3) is 0 Å². The Morgan fingerprint density at radius 2 is 1.88 bits per heavy atom. The molecule has 0 radical (unpaired) electrons. The predicted octanol–water partition coefficient (Wildman–Crippen LogP) is 4.39. The third kappa shape index (κ3) is 5.06. The van der Waals surface area contributed by atoms with E-state index in [4.69, 9.17) is 13.9 Å². The first-order chi connectivity index (χ1) is 11.6. The third-order valence-electron chi connectivity index (χ3n) is 5.19. The molecule has 140 valence electrons. The first-order valence-corrected chi connectivity index (χ1v) is 11.7. The molecule has 1 aromatic carbocycles. The van der Waals surface area contributed by atoms with E-state index in [1.54, 1.807) is 12.0 Å². The van der Waals surface area contributed by atoms with Gasteiger partial charge in [0.25, 0.3) is 0 Å². The van der Waals surface area contributed by atoms with Crippen molar-refractivity contribution < 1.29 is 18.7 Å². The fourth-order valence-electron chi connectivity index (χ4n) is 2.66. The normalized spacial score (nSPS) is 21.4. The molecule has 1 aliphatic rings. The van der Waals surface area contributed by atoms with Crippen LogP contribution < -0.4 is 0 Å². The van der Waals surface area contributed by atoms with E-state index in [0.717, 1.165) is 5.56 Å². The maximum Gasteiger partial charge on any atom is 0.412 e. The molecule has 1 aliphatic heterocycles. The second-order valence-corrected chi connectivity index (χ2v) is 12.9. The topological polar surface area (TPSA) is 48.0 Å². The minimum Gasteiger partial charge on any atom is -0.444 e. The summed E-state index contributed by atoms with van der Waals surface area (Å²) in [5.41, 5.74) is 0.970. The van der Waals surface area contributed by atoms with Crippen LogP contribution in [-0.4, -0.2) is 45.3 Å². The molecule has 1 amide bonds. The van der Waals surface area contributed by atoms with Gasteiger partial charge in [-0.05, 0) is 23.7 Å². The average molecular weight is 366 g/mol. The van der Waals surface area contributed by atoms with E-state index >= 15 is 0 Å². The smallest absolute Gasteiger partial charge is 0.412 e. The molecule has 1 heterocycles. The summed E-state index contributed by atoms with van der Waals surface area (Å²) in [4.78, 5) is 14.1. The minimum absolute atomic E-state index is 0.00452. The monoisotopic (exact) mass is 365 g/mol. The molecule has 0 saturated carbocycles. The number of hydrogen-bond acceptors (Lipinski definition) is 4. The largest absolute Gasteiger partial charge is 0.444 e. The van der Waals surface area contributed by atoms with E-state index < -0.39 is 8.32 Å². The highest BCUT2D eigenvalue weighted by Crippen LogP contribution is 2.39. The fourth-order valence-corrected chi connectivity index (χ4v) is 4.02. The molecule has 0 aromatic heterocycles. The van der Waals surface area contributed by atoms with Crippen molar-refractivity contribution in [1.82, 2.24) is 4.90 Å². The van der Waals surface area contributed by atoms with E-state index in [1.807, 2.05) is 30.3 Å². The molecule has 1 saturated heterocycles. The van der Waals surface area contributed by atoms with Crippen molar-refractivity contribution in [2.75, 3.05) is 13.7 Å². The van der Waals surface area contributed by atoms with Gasteiger partial charge in [-0.3, -0.25) is 4.90 Å². The number of carbonyl (C=O) groups is 1. The van der Waals surface area contributed by atoms with Crippen LogP contribution in [0.3, 0.4) is 0 Å². The van der Waals surface area contributed by atoms with Crippen molar-refractivity contribution in [2.24, 2.45) is 0 Å². The van der Waals surface area contributed by atoms with Crippen LogP contribution in [0.5, 0.6) is 0 Å². The molecular weight excluding hydrogens is 334 g/mol. The van der Waals surface area contributed by atoms with Crippen molar-refractivity contribution in [1.29, 1.82) is 0 Å². The summed E-state index contributed by atoms with van der Waals surface area (Å²) < 4.78 is 17.4. The second-order valence-electron chi connectivity index (χ2n) is 8.12. The third-order valence-corrected chi connectivity index (χ3v) is 9.73. The van der Waals surface area contributed by atoms with Gasteiger partial charge in [0, 0.05) is 13.5 Å². The number of hydrogen-bond donors (Lipinski definition) is 0. The molecule has 1 fully saturated rings. The number of likely N-dealkylation sites (tertiary alicyclic amines) is 1. The first-order valence-electron chi connectivity index (χ1n) is 8.82. The number of carbonyl (C=O) groups excluding carboxylic acids is 1. The van der Waals surface area contributed by atoms with E-state index in [1.165, 1.54) is 0 Å². The molecule has 1 aromatic rings. The molecule has 0 spiro atoms. The van der Waals surface area contributed by atoms with Crippen LogP contribution in [0.15, 0.2) is 30.3 Å². The van der Waals surface area contributed by atoms with Gasteiger partial charge in [0.2, 0.25) is 0 Å². The van der Waals surface area contributed by atoms with Gasteiger partial charge >= 0.3 is 6.09 Å². The zero-order valence-electron chi connectivity index (χ0n) is 16.2. The number of amides is 1. The van der Waals surface area contributed by atoms with Crippen molar-refractivity contribution in [3.8, 4) is 0 Å². The summed E-state index contributed by atoms with van der Waals surface area (Å²) in [6.45, 7) is 11.9. The summed E-state index contributed by atoms with van der Waals surface area (Å²) in [6, 6.07) is 9.68. The number of nitrogens with zero attached hydrogens (tertiary/aromatic N) is 1. The second kappa shape index (κ2) is 7.89. The van der Waals surface area contributed by atoms with E-state index in [-0.39, 0.29) is 30.1 Å². The lowest BCUT2D eigenvalue weighted by Gasteiger charge is -2.38. The van der Waals surface area contributed by atoms with Gasteiger partial charge in [0.15, 0.2) is 8.32 Å². The van der Waals surface area contributed by atoms with Gasteiger partial charge in [-0.1, -0.05) is 51.1 Å². The van der Waals surface area contributed by atoms with Crippen LogP contribution in [0.1, 0.15) is 32.8 Å². The summed E-state index contributed by atoms with van der Waals surface area (Å²) in [5.74, 6) is 0. The molecule has 5 nitrogen and oxygen atoms in total. The van der Waals surface area contributed by atoms with Crippen molar-refractivity contribution in [3.05, 3.63) is 35.9 Å². The van der Waals surface area contributed by atoms with E-state index in [9.17, 15) is 4.79 Å². The average Bonchev–Trinajstić information content (AvgIpc) is 2.95. The maximum atomic E-state index is 12.5. The van der Waals surface area contributed by atoms with Crippen LogP contribution >= 0.6 is 0 Å². The molecule has 2 rings (SSSR count). The number of benzene rings is 1. The van der Waals surface area contributed by atoms with Crippen molar-refractivity contribution in [2.45, 2.75) is 64.3 Å². The highest BCUT2D eigenvalue weighted by molar-refractivity contribution is 6.74. The SMILES string of the molecule is CO[C@H]1C[C@@H](O[Si](C)(C)C(C)(C)C)CN1C(=O)OCc1ccccc1. The summed E-state index contributed by atoms with van der Waals surface area (Å²) in [7, 11) is -0.260. The highest BCUT2D eigenvalue weighted by atomic mass is 28.4. The van der Waals surface area contributed by atoms with Gasteiger partial charge < -0.3 is 13.9 Å². The summed E-state index contributed by atoms with van der Waals surface area (Å²) >= 11 is 0. The Bertz CT molecular complexity index is 571. The number of ether oxygens (including phenoxy) is 2. The zero-order valence-corrected chi connectivity index (χ0v) is 17.2. The quantitative estimate of drug-likeness (QED) is 0.726. The Labute approximate surface area is 152 Å². The Kier molecular flexibility index (Phi) is 6.29. The standard InChI is InChI=1S/C19H31NO4Si/c1-19(2,3)25(5,6)24-16-12-17(22-4)20(13-16)18(21)23-14-15-10-8-7-9-11-15/h7-11,16-17H,12-14H2,1-6H3/t16-,17+/m1/s1. The number of rotatable bonds is 5. The maximum absolute atomic E-state index is 12.5. The Hall–Kier alpha value is -1.37. The Morgan fingerprint density at radius 3 is 2.44 bits per heavy atom. The first kappa shape index (κ1) is 19.9. The van der Waals surface area contributed by atoms with Crippen LogP contribution in [0.2, 0.25) is 18.1 Å². The van der Waals surface area contributed by atoms with E-state index in [0.29, 0.717) is 13.0 Å². The summed E-state index contributed by atoms with van der Waals surface area (Å²) in [6.07, 6.45) is 0.0360. The van der Waals surface area contributed by atoms with Crippen LogP contribution in [0.4, 0.5) is 4.79 Å². The predicted molar refractivity (Wildman–Crippen MR) is 101 cm³/mol. The lowest BCUT2D eigenvalue weighted by atomic mass is 10.2. The molecule has 0 unspecified atom stereocenters. The molecular formula is C19H31NO4Si. The molecule has 0 N–H and O–H groups in total. The molecule has 6 heteroatoms.